The number of carbonyl (C=O) groups excluding carboxylic acids is 3. The van der Waals surface area contributed by atoms with Crippen LogP contribution in [0, 0.1) is 0 Å². The molecular weight excluding hydrogens is 348 g/mol. The molecule has 0 aromatic carbocycles. The summed E-state index contributed by atoms with van der Waals surface area (Å²) in [5, 5.41) is 0. The molecule has 7 heteroatoms. The van der Waals surface area contributed by atoms with Crippen molar-refractivity contribution in [2.24, 2.45) is 0 Å². The zero-order valence-corrected chi connectivity index (χ0v) is 16.4. The van der Waals surface area contributed by atoms with Gasteiger partial charge in [0.25, 0.3) is 0 Å². The van der Waals surface area contributed by atoms with Crippen LogP contribution >= 0.6 is 0 Å². The number of rotatable bonds is 4. The molecule has 2 rings (SSSR count). The summed E-state index contributed by atoms with van der Waals surface area (Å²) in [7, 11) is 0. The molecule has 0 radical (unpaired) electrons. The molecule has 2 aliphatic carbocycles. The SMILES string of the molecule is CC(=O)[O][Ti]([O]C(C)=O)([O]C(C)=O)[C]1(C)C=C(C)C2=C1CCCC2. The van der Waals surface area contributed by atoms with Crippen LogP contribution < -0.4 is 0 Å². The van der Waals surface area contributed by atoms with Crippen LogP contribution in [0.4, 0.5) is 0 Å². The molecule has 0 N–H and O–H groups in total. The molecule has 0 saturated carbocycles. The van der Waals surface area contributed by atoms with Crippen molar-refractivity contribution in [3.05, 3.63) is 22.8 Å². The van der Waals surface area contributed by atoms with Gasteiger partial charge >= 0.3 is 147 Å². The molecule has 0 aromatic rings. The summed E-state index contributed by atoms with van der Waals surface area (Å²) in [6.45, 7) is 7.56. The summed E-state index contributed by atoms with van der Waals surface area (Å²) in [6, 6.07) is 0. The van der Waals surface area contributed by atoms with E-state index in [-0.39, 0.29) is 0 Å². The topological polar surface area (TPSA) is 78.9 Å². The molecule has 0 amide bonds. The minimum atomic E-state index is -4.67. The number of allylic oxidation sites excluding steroid dienone is 4. The molecule has 0 aromatic heterocycles. The summed E-state index contributed by atoms with van der Waals surface area (Å²) in [5.74, 6) is -1.85. The van der Waals surface area contributed by atoms with Crippen molar-refractivity contribution < 1.29 is 42.1 Å². The van der Waals surface area contributed by atoms with Gasteiger partial charge in [-0.3, -0.25) is 0 Å². The van der Waals surface area contributed by atoms with Gasteiger partial charge in [-0.2, -0.15) is 0 Å². The quantitative estimate of drug-likeness (QED) is 0.702. The molecule has 0 fully saturated rings. The van der Waals surface area contributed by atoms with E-state index in [4.69, 9.17) is 9.96 Å². The van der Waals surface area contributed by atoms with Gasteiger partial charge in [-0.15, -0.1) is 0 Å². The molecule has 0 saturated heterocycles. The van der Waals surface area contributed by atoms with E-state index in [1.165, 1.54) is 26.3 Å². The van der Waals surface area contributed by atoms with E-state index in [0.717, 1.165) is 36.8 Å². The van der Waals surface area contributed by atoms with Gasteiger partial charge in [0.15, 0.2) is 0 Å². The van der Waals surface area contributed by atoms with E-state index in [1.54, 1.807) is 0 Å². The Morgan fingerprint density at radius 3 is 1.88 bits per heavy atom. The van der Waals surface area contributed by atoms with Gasteiger partial charge in [-0.25, -0.2) is 0 Å². The summed E-state index contributed by atoms with van der Waals surface area (Å²) >= 11 is -4.67. The third-order valence-corrected chi connectivity index (χ3v) is 9.83. The Morgan fingerprint density at radius 2 is 1.42 bits per heavy atom. The first-order valence-corrected chi connectivity index (χ1v) is 10.8. The van der Waals surface area contributed by atoms with E-state index in [1.807, 2.05) is 19.9 Å². The Hall–Kier alpha value is -1.40. The Balaban J connectivity index is 2.64. The van der Waals surface area contributed by atoms with Crippen LogP contribution in [0.3, 0.4) is 0 Å². The second-order valence-electron chi connectivity index (χ2n) is 6.53. The van der Waals surface area contributed by atoms with Crippen molar-refractivity contribution in [2.75, 3.05) is 0 Å². The van der Waals surface area contributed by atoms with Gasteiger partial charge in [0.1, 0.15) is 0 Å². The van der Waals surface area contributed by atoms with Crippen LogP contribution in [0.5, 0.6) is 0 Å². The number of hydrogen-bond acceptors (Lipinski definition) is 6. The van der Waals surface area contributed by atoms with E-state index in [9.17, 15) is 14.4 Å². The summed E-state index contributed by atoms with van der Waals surface area (Å²) in [6.07, 6.45) is 5.81. The van der Waals surface area contributed by atoms with Crippen LogP contribution in [-0.4, -0.2) is 17.9 Å². The molecule has 0 bridgehead atoms. The zero-order chi connectivity index (χ0) is 18.1. The number of hydrogen-bond donors (Lipinski definition) is 0. The van der Waals surface area contributed by atoms with Gasteiger partial charge in [0, 0.05) is 0 Å². The third kappa shape index (κ3) is 3.35. The fourth-order valence-corrected chi connectivity index (χ4v) is 8.33. The van der Waals surface area contributed by atoms with E-state index >= 15 is 0 Å². The second kappa shape index (κ2) is 6.85. The molecule has 24 heavy (non-hydrogen) atoms. The first-order chi connectivity index (χ1) is 11.1. The van der Waals surface area contributed by atoms with Crippen molar-refractivity contribution in [2.45, 2.75) is 64.0 Å². The van der Waals surface area contributed by atoms with Crippen molar-refractivity contribution >= 4 is 17.9 Å². The molecule has 0 heterocycles. The Kier molecular flexibility index (Phi) is 5.40. The molecule has 0 spiro atoms. The van der Waals surface area contributed by atoms with Gasteiger partial charge in [-0.1, -0.05) is 0 Å². The van der Waals surface area contributed by atoms with Crippen molar-refractivity contribution in [3.8, 4) is 0 Å². The van der Waals surface area contributed by atoms with Crippen LogP contribution in [0.1, 0.15) is 60.3 Å². The van der Waals surface area contributed by atoms with E-state index < -0.39 is 39.4 Å². The van der Waals surface area contributed by atoms with Gasteiger partial charge in [-0.05, 0) is 0 Å². The molecule has 0 aliphatic heterocycles. The second-order valence-corrected chi connectivity index (χ2v) is 10.8. The molecule has 6 nitrogen and oxygen atoms in total. The third-order valence-electron chi connectivity index (χ3n) is 4.55. The Bertz CT molecular complexity index is 607. The van der Waals surface area contributed by atoms with E-state index in [0.29, 0.717) is 0 Å². The average molecular weight is 372 g/mol. The van der Waals surface area contributed by atoms with E-state index in [2.05, 4.69) is 0 Å². The van der Waals surface area contributed by atoms with Crippen molar-refractivity contribution in [1.29, 1.82) is 0 Å². The zero-order valence-electron chi connectivity index (χ0n) is 14.9. The first kappa shape index (κ1) is 18.9. The molecule has 132 valence electrons. The van der Waals surface area contributed by atoms with Crippen LogP contribution in [0.25, 0.3) is 0 Å². The standard InChI is InChI=1S/C11H15.3C2H4O2.Ti/c1-8-7-9(2)11-6-4-3-5-10(8)11;3*1-2(3)4;/h7H,3-6H2,1-2H3;3*1H3,(H,3,4);/q;;;;+3/p-3. The minimum absolute atomic E-state index is 0.616. The Morgan fingerprint density at radius 1 is 0.958 bits per heavy atom. The van der Waals surface area contributed by atoms with Gasteiger partial charge in [0.2, 0.25) is 0 Å². The van der Waals surface area contributed by atoms with Crippen molar-refractivity contribution in [3.63, 3.8) is 0 Å². The monoisotopic (exact) mass is 372 g/mol. The molecule has 1 unspecified atom stereocenters. The van der Waals surface area contributed by atoms with Crippen molar-refractivity contribution in [1.82, 2.24) is 0 Å². The van der Waals surface area contributed by atoms with Gasteiger partial charge in [0.05, 0.1) is 0 Å². The predicted molar refractivity (Wildman–Crippen MR) is 82.9 cm³/mol. The summed E-state index contributed by atoms with van der Waals surface area (Å²) in [4.78, 5) is 35.3. The molecule has 2 aliphatic rings. The van der Waals surface area contributed by atoms with Crippen LogP contribution in [-0.2, 0) is 42.1 Å². The normalized spacial score (nSPS) is 23.3. The van der Waals surface area contributed by atoms with Gasteiger partial charge < -0.3 is 0 Å². The van der Waals surface area contributed by atoms with Crippen LogP contribution in [0.2, 0.25) is 3.72 Å². The maximum atomic E-state index is 11.8. The Labute approximate surface area is 147 Å². The summed E-state index contributed by atoms with van der Waals surface area (Å²) in [5.41, 5.74) is 3.37. The first-order valence-electron chi connectivity index (χ1n) is 8.12. The molecule has 1 atom stereocenters. The fourth-order valence-electron chi connectivity index (χ4n) is 3.74. The average Bonchev–Trinajstić information content (AvgIpc) is 2.70. The summed E-state index contributed by atoms with van der Waals surface area (Å²) < 4.78 is 15.7. The predicted octanol–water partition coefficient (Wildman–Crippen LogP) is 3.58. The van der Waals surface area contributed by atoms with Crippen LogP contribution in [0.15, 0.2) is 22.8 Å². The fraction of sp³-hybridized carbons (Fsp3) is 0.588. The maximum absolute atomic E-state index is 11.8. The number of carbonyl (C=O) groups is 3. The molecular formula is C17H24O6Ti.